The molecule has 0 bridgehead atoms. The second-order valence-electron chi connectivity index (χ2n) is 7.88. The predicted octanol–water partition coefficient (Wildman–Crippen LogP) is 6.29. The van der Waals surface area contributed by atoms with E-state index in [1.807, 2.05) is 30.3 Å². The number of hydrogen-bond acceptors (Lipinski definition) is 5. The molecule has 0 aromatic heterocycles. The summed E-state index contributed by atoms with van der Waals surface area (Å²) in [5.41, 5.74) is -1.66. The summed E-state index contributed by atoms with van der Waals surface area (Å²) in [5.74, 6) is -0.681. The van der Waals surface area contributed by atoms with E-state index in [1.54, 1.807) is 25.1 Å². The summed E-state index contributed by atoms with van der Waals surface area (Å²) in [6, 6.07) is 19.5. The van der Waals surface area contributed by atoms with Gasteiger partial charge in [-0.2, -0.15) is 13.2 Å². The lowest BCUT2D eigenvalue weighted by atomic mass is 9.92. The van der Waals surface area contributed by atoms with Crippen molar-refractivity contribution >= 4 is 5.97 Å². The van der Waals surface area contributed by atoms with Gasteiger partial charge in [0.1, 0.15) is 24.2 Å². The third-order valence-corrected chi connectivity index (χ3v) is 5.72. The summed E-state index contributed by atoms with van der Waals surface area (Å²) in [5, 5.41) is 0. The first kappa shape index (κ1) is 26.1. The average Bonchev–Trinajstić information content (AvgIpc) is 2.84. The van der Waals surface area contributed by atoms with Crippen LogP contribution in [0.2, 0.25) is 0 Å². The van der Waals surface area contributed by atoms with Gasteiger partial charge in [0.25, 0.3) is 5.60 Å². The molecule has 3 rings (SSSR count). The number of halogens is 3. The Balaban J connectivity index is 1.88. The highest BCUT2D eigenvalue weighted by atomic mass is 19.4. The first-order chi connectivity index (χ1) is 16.7. The van der Waals surface area contributed by atoms with Gasteiger partial charge in [0.05, 0.1) is 7.11 Å². The zero-order chi connectivity index (χ0) is 25.6. The fourth-order valence-corrected chi connectivity index (χ4v) is 3.87. The molecule has 0 unspecified atom stereocenters. The molecule has 0 heterocycles. The number of rotatable bonds is 9. The van der Waals surface area contributed by atoms with Crippen LogP contribution in [0.4, 0.5) is 13.2 Å². The fourth-order valence-electron chi connectivity index (χ4n) is 3.87. The van der Waals surface area contributed by atoms with Gasteiger partial charge in [-0.25, -0.2) is 4.79 Å². The van der Waals surface area contributed by atoms with Crippen LogP contribution in [-0.4, -0.2) is 26.4 Å². The van der Waals surface area contributed by atoms with Gasteiger partial charge in [-0.05, 0) is 31.5 Å². The normalized spacial score (nSPS) is 14.0. The van der Waals surface area contributed by atoms with Crippen LogP contribution in [0.5, 0.6) is 11.5 Å². The predicted molar refractivity (Wildman–Crippen MR) is 124 cm³/mol. The highest BCUT2D eigenvalue weighted by molar-refractivity contribution is 5.83. The highest BCUT2D eigenvalue weighted by Crippen LogP contribution is 2.44. The molecular weight excluding hydrogens is 461 g/mol. The van der Waals surface area contributed by atoms with Crippen LogP contribution in [0.15, 0.2) is 72.8 Å². The summed E-state index contributed by atoms with van der Waals surface area (Å²) in [6.07, 6.45) is -6.13. The second kappa shape index (κ2) is 10.8. The van der Waals surface area contributed by atoms with Crippen molar-refractivity contribution in [3.05, 3.63) is 95.1 Å². The monoisotopic (exact) mass is 488 g/mol. The molecule has 0 aliphatic heterocycles. The van der Waals surface area contributed by atoms with Crippen LogP contribution in [0.3, 0.4) is 0 Å². The van der Waals surface area contributed by atoms with Crippen LogP contribution in [-0.2, 0) is 26.5 Å². The van der Waals surface area contributed by atoms with E-state index in [-0.39, 0.29) is 5.56 Å². The van der Waals surface area contributed by atoms with Crippen LogP contribution >= 0.6 is 0 Å². The van der Waals surface area contributed by atoms with E-state index < -0.39 is 23.9 Å². The number of carbonyl (C=O) groups excluding carboxylic acids is 1. The van der Waals surface area contributed by atoms with Crippen LogP contribution < -0.4 is 9.47 Å². The molecule has 0 saturated carbocycles. The zero-order valence-electron chi connectivity index (χ0n) is 19.9. The Kier molecular flexibility index (Phi) is 8.07. The average molecular weight is 489 g/mol. The first-order valence-corrected chi connectivity index (χ1v) is 10.9. The second-order valence-corrected chi connectivity index (χ2v) is 7.88. The molecule has 2 atom stereocenters. The lowest BCUT2D eigenvalue weighted by Gasteiger charge is -2.33. The molecule has 0 aliphatic carbocycles. The Morgan fingerprint density at radius 3 is 2.06 bits per heavy atom. The number of carbonyl (C=O) groups is 1. The van der Waals surface area contributed by atoms with Gasteiger partial charge in [0.15, 0.2) is 0 Å². The van der Waals surface area contributed by atoms with Crippen molar-refractivity contribution in [2.75, 3.05) is 14.2 Å². The summed E-state index contributed by atoms with van der Waals surface area (Å²) in [4.78, 5) is 13.0. The maximum absolute atomic E-state index is 14.2. The van der Waals surface area contributed by atoms with E-state index in [1.165, 1.54) is 38.3 Å². The van der Waals surface area contributed by atoms with Gasteiger partial charge < -0.3 is 18.9 Å². The maximum atomic E-state index is 14.2. The van der Waals surface area contributed by atoms with Gasteiger partial charge in [-0.15, -0.1) is 0 Å². The smallest absolute Gasteiger partial charge is 0.432 e. The molecule has 0 amide bonds. The minimum atomic E-state index is -5.06. The molecule has 3 aromatic rings. The van der Waals surface area contributed by atoms with Crippen molar-refractivity contribution in [3.63, 3.8) is 0 Å². The fraction of sp³-hybridized carbons (Fsp3) is 0.296. The lowest BCUT2D eigenvalue weighted by Crippen LogP contribution is -2.51. The lowest BCUT2D eigenvalue weighted by molar-refractivity contribution is -0.278. The molecule has 0 saturated heterocycles. The quantitative estimate of drug-likeness (QED) is 0.331. The van der Waals surface area contributed by atoms with E-state index in [9.17, 15) is 18.0 Å². The topological polar surface area (TPSA) is 54.0 Å². The van der Waals surface area contributed by atoms with Gasteiger partial charge in [-0.1, -0.05) is 60.7 Å². The van der Waals surface area contributed by atoms with Gasteiger partial charge in [-0.3, -0.25) is 0 Å². The molecular formula is C27H27F3O5. The third-order valence-electron chi connectivity index (χ3n) is 5.72. The summed E-state index contributed by atoms with van der Waals surface area (Å²) in [6.45, 7) is 3.56. The summed E-state index contributed by atoms with van der Waals surface area (Å²) < 4.78 is 64.1. The molecule has 3 aromatic carbocycles. The van der Waals surface area contributed by atoms with Crippen molar-refractivity contribution < 1.29 is 36.9 Å². The van der Waals surface area contributed by atoms with Crippen LogP contribution in [0.1, 0.15) is 35.3 Å². The molecule has 0 radical (unpaired) electrons. The molecule has 0 aliphatic rings. The van der Waals surface area contributed by atoms with E-state index in [2.05, 4.69) is 0 Å². The number of methoxy groups -OCH3 is 2. The summed E-state index contributed by atoms with van der Waals surface area (Å²) in [7, 11) is 2.26. The third kappa shape index (κ3) is 5.27. The van der Waals surface area contributed by atoms with Crippen molar-refractivity contribution in [3.8, 4) is 11.5 Å². The highest BCUT2D eigenvalue weighted by Gasteiger charge is 2.64. The molecule has 0 fully saturated rings. The van der Waals surface area contributed by atoms with Crippen molar-refractivity contribution in [2.24, 2.45) is 0 Å². The Bertz CT molecular complexity index is 1130. The van der Waals surface area contributed by atoms with Crippen molar-refractivity contribution in [2.45, 2.75) is 38.3 Å². The maximum Gasteiger partial charge on any atom is 0.432 e. The van der Waals surface area contributed by atoms with E-state index >= 15 is 0 Å². The van der Waals surface area contributed by atoms with Gasteiger partial charge in [0, 0.05) is 23.8 Å². The van der Waals surface area contributed by atoms with Gasteiger partial charge in [0.2, 0.25) is 0 Å². The van der Waals surface area contributed by atoms with Crippen molar-refractivity contribution in [1.82, 2.24) is 0 Å². The Morgan fingerprint density at radius 2 is 1.51 bits per heavy atom. The van der Waals surface area contributed by atoms with Crippen LogP contribution in [0, 0.1) is 6.92 Å². The Hall–Kier alpha value is -3.52. The number of ether oxygens (including phenoxy) is 4. The SMILES string of the molecule is COc1c([C@H](C)OC(=O)[C@](OC)(c2ccccc2)C(F)(F)F)ccc(OCc2ccccc2)c1C. The Morgan fingerprint density at radius 1 is 0.914 bits per heavy atom. The molecule has 8 heteroatoms. The standard InChI is InChI=1S/C27H27F3O5/c1-18-23(34-17-20-11-7-5-8-12-20)16-15-22(24(18)32-3)19(2)35-25(31)26(33-4,27(28,29)30)21-13-9-6-10-14-21/h5-16,19H,17H2,1-4H3/t19-,26+/m0/s1. The molecule has 186 valence electrons. The minimum absolute atomic E-state index is 0.327. The van der Waals surface area contributed by atoms with Gasteiger partial charge >= 0.3 is 12.1 Å². The molecule has 35 heavy (non-hydrogen) atoms. The zero-order valence-corrected chi connectivity index (χ0v) is 19.9. The van der Waals surface area contributed by atoms with E-state index in [0.29, 0.717) is 29.2 Å². The van der Waals surface area contributed by atoms with Crippen LogP contribution in [0.25, 0.3) is 0 Å². The number of alkyl halides is 3. The first-order valence-electron chi connectivity index (χ1n) is 10.9. The summed E-state index contributed by atoms with van der Waals surface area (Å²) >= 11 is 0. The Labute approximate surface area is 202 Å². The molecule has 0 spiro atoms. The number of esters is 1. The molecule has 5 nitrogen and oxygen atoms in total. The largest absolute Gasteiger partial charge is 0.496 e. The minimum Gasteiger partial charge on any atom is -0.496 e. The number of benzene rings is 3. The van der Waals surface area contributed by atoms with Crippen molar-refractivity contribution in [1.29, 1.82) is 0 Å². The van der Waals surface area contributed by atoms with E-state index in [0.717, 1.165) is 12.7 Å². The molecule has 0 N–H and O–H groups in total. The number of hydrogen-bond donors (Lipinski definition) is 0. The van der Waals surface area contributed by atoms with E-state index in [4.69, 9.17) is 18.9 Å².